The predicted molar refractivity (Wildman–Crippen MR) is 142 cm³/mol. The zero-order valence-corrected chi connectivity index (χ0v) is 19.8. The topological polar surface area (TPSA) is 60.5 Å². The van der Waals surface area contributed by atoms with Gasteiger partial charge in [-0.25, -0.2) is 4.79 Å². The summed E-state index contributed by atoms with van der Waals surface area (Å²) in [7, 11) is 0. The Morgan fingerprint density at radius 3 is 2.11 bits per heavy atom. The molecule has 178 valence electrons. The van der Waals surface area contributed by atoms with Crippen molar-refractivity contribution in [2.45, 2.75) is 6.04 Å². The average Bonchev–Trinajstić information content (AvgIpc) is 2.91. The van der Waals surface area contributed by atoms with Crippen LogP contribution in [0.5, 0.6) is 0 Å². The second-order valence-corrected chi connectivity index (χ2v) is 8.86. The first-order valence-corrected chi connectivity index (χ1v) is 12.2. The van der Waals surface area contributed by atoms with E-state index in [0.717, 1.165) is 49.3 Å². The van der Waals surface area contributed by atoms with Gasteiger partial charge in [0.05, 0.1) is 17.2 Å². The van der Waals surface area contributed by atoms with Crippen LogP contribution in [0.2, 0.25) is 0 Å². The van der Waals surface area contributed by atoms with Gasteiger partial charge in [-0.3, -0.25) is 14.8 Å². The standard InChI is InChI=1S/C29H31N5O/c35-29(32-27-15-16-30-26-14-8-7-13-25(26)27)31-17-18-33-19-21-34(22-20-33)28(23-9-3-1-4-10-23)24-11-5-2-6-12-24/h1-16,28H,17-22H2,(H2,30,31,32,35). The van der Waals surface area contributed by atoms with Gasteiger partial charge in [0.15, 0.2) is 0 Å². The lowest BCUT2D eigenvalue weighted by Gasteiger charge is -2.39. The summed E-state index contributed by atoms with van der Waals surface area (Å²) in [5, 5.41) is 6.90. The molecule has 3 aromatic carbocycles. The van der Waals surface area contributed by atoms with Crippen LogP contribution >= 0.6 is 0 Å². The van der Waals surface area contributed by atoms with Gasteiger partial charge in [-0.05, 0) is 23.3 Å². The molecule has 4 aromatic rings. The molecule has 1 aliphatic heterocycles. The monoisotopic (exact) mass is 465 g/mol. The number of carbonyl (C=O) groups is 1. The highest BCUT2D eigenvalue weighted by molar-refractivity contribution is 6.00. The van der Waals surface area contributed by atoms with E-state index in [-0.39, 0.29) is 12.1 Å². The van der Waals surface area contributed by atoms with Gasteiger partial charge in [-0.1, -0.05) is 78.9 Å². The number of benzene rings is 3. The van der Waals surface area contributed by atoms with E-state index < -0.39 is 0 Å². The van der Waals surface area contributed by atoms with Crippen LogP contribution in [-0.4, -0.2) is 60.1 Å². The molecular formula is C29H31N5O. The number of urea groups is 1. The number of aromatic nitrogens is 1. The molecule has 0 radical (unpaired) electrons. The Labute approximate surface area is 206 Å². The molecule has 1 saturated heterocycles. The summed E-state index contributed by atoms with van der Waals surface area (Å²) >= 11 is 0. The smallest absolute Gasteiger partial charge is 0.319 e. The fourth-order valence-corrected chi connectivity index (χ4v) is 4.83. The molecular weight excluding hydrogens is 434 g/mol. The Bertz CT molecular complexity index is 1190. The van der Waals surface area contributed by atoms with E-state index in [0.29, 0.717) is 6.54 Å². The van der Waals surface area contributed by atoms with Crippen LogP contribution in [-0.2, 0) is 0 Å². The zero-order valence-electron chi connectivity index (χ0n) is 19.8. The van der Waals surface area contributed by atoms with Crippen molar-refractivity contribution in [3.63, 3.8) is 0 Å². The second-order valence-electron chi connectivity index (χ2n) is 8.86. The first kappa shape index (κ1) is 23.0. The molecule has 35 heavy (non-hydrogen) atoms. The molecule has 6 nitrogen and oxygen atoms in total. The summed E-state index contributed by atoms with van der Waals surface area (Å²) < 4.78 is 0. The number of nitrogens with zero attached hydrogens (tertiary/aromatic N) is 3. The number of rotatable bonds is 7. The van der Waals surface area contributed by atoms with Gasteiger partial charge < -0.3 is 10.6 Å². The largest absolute Gasteiger partial charge is 0.337 e. The van der Waals surface area contributed by atoms with Gasteiger partial charge in [0.1, 0.15) is 0 Å². The van der Waals surface area contributed by atoms with E-state index >= 15 is 0 Å². The quantitative estimate of drug-likeness (QED) is 0.413. The Morgan fingerprint density at radius 1 is 0.800 bits per heavy atom. The third-order valence-electron chi connectivity index (χ3n) is 6.61. The number of pyridine rings is 1. The Morgan fingerprint density at radius 2 is 1.43 bits per heavy atom. The van der Waals surface area contributed by atoms with E-state index in [4.69, 9.17) is 0 Å². The molecule has 2 amide bonds. The fraction of sp³-hybridized carbons (Fsp3) is 0.241. The SMILES string of the molecule is O=C(NCCN1CCN(C(c2ccccc2)c2ccccc2)CC1)Nc1ccnc2ccccc12. The first-order chi connectivity index (χ1) is 17.3. The Hall–Kier alpha value is -3.74. The van der Waals surface area contributed by atoms with Crippen molar-refractivity contribution in [2.24, 2.45) is 0 Å². The van der Waals surface area contributed by atoms with Gasteiger partial charge in [0.2, 0.25) is 0 Å². The summed E-state index contributed by atoms with van der Waals surface area (Å²) in [5.74, 6) is 0. The highest BCUT2D eigenvalue weighted by Gasteiger charge is 2.26. The van der Waals surface area contributed by atoms with Gasteiger partial charge in [-0.2, -0.15) is 0 Å². The normalized spacial score (nSPS) is 14.8. The maximum atomic E-state index is 12.5. The highest BCUT2D eigenvalue weighted by atomic mass is 16.2. The van der Waals surface area contributed by atoms with Crippen LogP contribution in [0.25, 0.3) is 10.9 Å². The highest BCUT2D eigenvalue weighted by Crippen LogP contribution is 2.29. The summed E-state index contributed by atoms with van der Waals surface area (Å²) in [6.45, 7) is 5.38. The first-order valence-electron chi connectivity index (χ1n) is 12.2. The lowest BCUT2D eigenvalue weighted by molar-refractivity contribution is 0.110. The minimum atomic E-state index is -0.187. The molecule has 0 bridgehead atoms. The third-order valence-corrected chi connectivity index (χ3v) is 6.61. The van der Waals surface area contributed by atoms with Crippen LogP contribution in [0.15, 0.2) is 97.2 Å². The number of fused-ring (bicyclic) bond motifs is 1. The number of carbonyl (C=O) groups excluding carboxylic acids is 1. The maximum Gasteiger partial charge on any atom is 0.319 e. The van der Waals surface area contributed by atoms with Crippen molar-refractivity contribution >= 4 is 22.6 Å². The van der Waals surface area contributed by atoms with E-state index in [1.54, 1.807) is 6.20 Å². The number of piperazine rings is 1. The predicted octanol–water partition coefficient (Wildman–Crippen LogP) is 4.76. The molecule has 0 aliphatic carbocycles. The number of hydrogen-bond donors (Lipinski definition) is 2. The number of nitrogens with one attached hydrogen (secondary N) is 2. The van der Waals surface area contributed by atoms with E-state index in [1.807, 2.05) is 30.3 Å². The van der Waals surface area contributed by atoms with Gasteiger partial charge in [-0.15, -0.1) is 0 Å². The Balaban J connectivity index is 1.13. The van der Waals surface area contributed by atoms with Crippen molar-refractivity contribution in [2.75, 3.05) is 44.6 Å². The Kier molecular flexibility index (Phi) is 7.32. The summed E-state index contributed by atoms with van der Waals surface area (Å²) in [6, 6.07) is 31.2. The van der Waals surface area contributed by atoms with Gasteiger partial charge in [0, 0.05) is 50.9 Å². The van der Waals surface area contributed by atoms with Crippen molar-refractivity contribution in [1.29, 1.82) is 0 Å². The molecule has 0 atom stereocenters. The zero-order chi connectivity index (χ0) is 23.9. The number of amides is 2. The van der Waals surface area contributed by atoms with Crippen molar-refractivity contribution < 1.29 is 4.79 Å². The van der Waals surface area contributed by atoms with Crippen LogP contribution in [0.1, 0.15) is 17.2 Å². The molecule has 5 rings (SSSR count). The van der Waals surface area contributed by atoms with Crippen LogP contribution in [0.4, 0.5) is 10.5 Å². The average molecular weight is 466 g/mol. The van der Waals surface area contributed by atoms with E-state index in [1.165, 1.54) is 11.1 Å². The van der Waals surface area contributed by atoms with Gasteiger partial charge in [0.25, 0.3) is 0 Å². The van der Waals surface area contributed by atoms with Crippen molar-refractivity contribution in [3.8, 4) is 0 Å². The molecule has 2 N–H and O–H groups in total. The molecule has 1 fully saturated rings. The number of para-hydroxylation sites is 1. The summed E-state index contributed by atoms with van der Waals surface area (Å²) in [6.07, 6.45) is 1.72. The number of anilines is 1. The molecule has 0 spiro atoms. The van der Waals surface area contributed by atoms with E-state index in [2.05, 4.69) is 86.1 Å². The van der Waals surface area contributed by atoms with E-state index in [9.17, 15) is 4.79 Å². The minimum absolute atomic E-state index is 0.187. The lowest BCUT2D eigenvalue weighted by Crippen LogP contribution is -2.49. The summed E-state index contributed by atoms with van der Waals surface area (Å²) in [4.78, 5) is 21.8. The van der Waals surface area contributed by atoms with Crippen molar-refractivity contribution in [3.05, 3.63) is 108 Å². The third kappa shape index (κ3) is 5.67. The molecule has 0 unspecified atom stereocenters. The van der Waals surface area contributed by atoms with Crippen LogP contribution < -0.4 is 10.6 Å². The molecule has 6 heteroatoms. The van der Waals surface area contributed by atoms with Crippen LogP contribution in [0.3, 0.4) is 0 Å². The minimum Gasteiger partial charge on any atom is -0.337 e. The summed E-state index contributed by atoms with van der Waals surface area (Å²) in [5.41, 5.74) is 4.30. The molecule has 1 aromatic heterocycles. The van der Waals surface area contributed by atoms with Crippen molar-refractivity contribution in [1.82, 2.24) is 20.1 Å². The molecule has 1 aliphatic rings. The molecule has 2 heterocycles. The second kappa shape index (κ2) is 11.1. The maximum absolute atomic E-state index is 12.5. The lowest BCUT2D eigenvalue weighted by atomic mass is 9.96. The van der Waals surface area contributed by atoms with Gasteiger partial charge >= 0.3 is 6.03 Å². The fourth-order valence-electron chi connectivity index (χ4n) is 4.83. The molecule has 0 saturated carbocycles. The number of hydrogen-bond acceptors (Lipinski definition) is 4. The van der Waals surface area contributed by atoms with Crippen LogP contribution in [0, 0.1) is 0 Å².